The van der Waals surface area contributed by atoms with E-state index in [-0.39, 0.29) is 5.56 Å². The molecule has 0 aliphatic heterocycles. The molecule has 30 heavy (non-hydrogen) atoms. The molecule has 0 amide bonds. The van der Waals surface area contributed by atoms with E-state index in [0.29, 0.717) is 48.9 Å². The minimum atomic E-state index is -0.213. The largest absolute Gasteiger partial charge is 0.341 e. The van der Waals surface area contributed by atoms with Crippen LogP contribution < -0.4 is 5.56 Å². The van der Waals surface area contributed by atoms with Crippen LogP contribution in [0.3, 0.4) is 0 Å². The second kappa shape index (κ2) is 7.71. The van der Waals surface area contributed by atoms with Crippen molar-refractivity contribution in [2.75, 3.05) is 0 Å². The van der Waals surface area contributed by atoms with Gasteiger partial charge < -0.3 is 4.98 Å². The third-order valence-corrected chi connectivity index (χ3v) is 6.04. The van der Waals surface area contributed by atoms with Crippen LogP contribution in [-0.2, 0) is 5.75 Å². The number of nitrogens with zero attached hydrogens (tertiary/aromatic N) is 5. The Kier molecular flexibility index (Phi) is 4.90. The van der Waals surface area contributed by atoms with Gasteiger partial charge in [-0.1, -0.05) is 47.1 Å². The summed E-state index contributed by atoms with van der Waals surface area (Å²) in [6.07, 6.45) is 3.03. The van der Waals surface area contributed by atoms with E-state index in [1.54, 1.807) is 47.3 Å². The van der Waals surface area contributed by atoms with Crippen LogP contribution in [0.15, 0.2) is 64.9 Å². The van der Waals surface area contributed by atoms with Gasteiger partial charge in [0.05, 0.1) is 33.7 Å². The summed E-state index contributed by atoms with van der Waals surface area (Å²) in [6.45, 7) is 0. The lowest BCUT2D eigenvalue weighted by atomic mass is 10.2. The Balaban J connectivity index is 1.67. The predicted molar refractivity (Wildman–Crippen MR) is 119 cm³/mol. The van der Waals surface area contributed by atoms with Gasteiger partial charge in [0.15, 0.2) is 5.65 Å². The second-order valence-corrected chi connectivity index (χ2v) is 8.16. The molecule has 0 saturated heterocycles. The van der Waals surface area contributed by atoms with Crippen molar-refractivity contribution in [1.29, 1.82) is 0 Å². The van der Waals surface area contributed by atoms with Gasteiger partial charge in [0, 0.05) is 5.02 Å². The van der Waals surface area contributed by atoms with Crippen LogP contribution in [0.5, 0.6) is 0 Å². The van der Waals surface area contributed by atoms with Crippen LogP contribution in [-0.4, -0.2) is 29.5 Å². The summed E-state index contributed by atoms with van der Waals surface area (Å²) in [5.74, 6) is 0.896. The van der Waals surface area contributed by atoms with Crippen LogP contribution in [0.25, 0.3) is 27.8 Å². The number of H-pyrrole nitrogens is 1. The molecule has 2 aromatic carbocycles. The molecule has 7 nitrogen and oxygen atoms in total. The molecule has 5 aromatic rings. The zero-order valence-electron chi connectivity index (χ0n) is 15.2. The van der Waals surface area contributed by atoms with E-state index >= 15 is 0 Å². The van der Waals surface area contributed by atoms with Crippen LogP contribution in [0, 0.1) is 0 Å². The first-order valence-electron chi connectivity index (χ1n) is 8.85. The van der Waals surface area contributed by atoms with Crippen molar-refractivity contribution >= 4 is 57.0 Å². The summed E-state index contributed by atoms with van der Waals surface area (Å²) in [4.78, 5) is 33.7. The maximum absolute atomic E-state index is 13.4. The summed E-state index contributed by atoms with van der Waals surface area (Å²) in [6, 6.07) is 12.3. The smallest absolute Gasteiger partial charge is 0.266 e. The van der Waals surface area contributed by atoms with E-state index in [0.717, 1.165) is 5.52 Å². The minimum Gasteiger partial charge on any atom is -0.341 e. The van der Waals surface area contributed by atoms with Gasteiger partial charge in [0.25, 0.3) is 5.56 Å². The molecule has 0 aliphatic carbocycles. The van der Waals surface area contributed by atoms with Crippen LogP contribution in [0.1, 0.15) is 5.82 Å². The Hall–Kier alpha value is -2.94. The molecule has 148 valence electrons. The van der Waals surface area contributed by atoms with E-state index in [1.807, 2.05) is 6.07 Å². The number of nitrogens with one attached hydrogen (secondary N) is 1. The molecule has 3 aromatic heterocycles. The van der Waals surface area contributed by atoms with E-state index in [2.05, 4.69) is 19.9 Å². The van der Waals surface area contributed by atoms with Gasteiger partial charge in [0.2, 0.25) is 0 Å². The van der Waals surface area contributed by atoms with Crippen molar-refractivity contribution in [3.8, 4) is 5.69 Å². The number of thioether (sulfide) groups is 1. The number of halogens is 2. The van der Waals surface area contributed by atoms with Gasteiger partial charge in [-0.2, -0.15) is 0 Å². The highest BCUT2D eigenvalue weighted by Crippen LogP contribution is 2.28. The number of fused-ring (bicyclic) bond motifs is 2. The quantitative estimate of drug-likeness (QED) is 0.314. The third kappa shape index (κ3) is 3.32. The number of imidazole rings is 1. The van der Waals surface area contributed by atoms with Crippen LogP contribution >= 0.6 is 35.0 Å². The first-order chi connectivity index (χ1) is 14.6. The fourth-order valence-electron chi connectivity index (χ4n) is 3.18. The molecule has 0 atom stereocenters. The summed E-state index contributed by atoms with van der Waals surface area (Å²) < 4.78 is 1.56. The Morgan fingerprint density at radius 1 is 1.07 bits per heavy atom. The van der Waals surface area contributed by atoms with E-state index in [4.69, 9.17) is 28.2 Å². The number of aromatic nitrogens is 6. The van der Waals surface area contributed by atoms with Crippen molar-refractivity contribution in [2.45, 2.75) is 10.8 Å². The number of rotatable bonds is 4. The average Bonchev–Trinajstić information content (AvgIpc) is 3.22. The molecular formula is C20H12Cl2N6OS. The van der Waals surface area contributed by atoms with Crippen molar-refractivity contribution in [3.05, 3.63) is 81.3 Å². The minimum absolute atomic E-state index is 0.213. The Labute approximate surface area is 184 Å². The maximum atomic E-state index is 13.4. The van der Waals surface area contributed by atoms with Crippen molar-refractivity contribution in [3.63, 3.8) is 0 Å². The Morgan fingerprint density at radius 2 is 1.93 bits per heavy atom. The molecule has 0 saturated carbocycles. The SMILES string of the molecule is O=c1c2cccc(Cl)c2nc(CSc2ncnc3nc[nH]c23)n1-c1cccc(Cl)c1. The summed E-state index contributed by atoms with van der Waals surface area (Å²) in [5.41, 5.74) is 2.20. The molecule has 0 radical (unpaired) electrons. The molecule has 3 heterocycles. The molecule has 0 spiro atoms. The molecule has 10 heteroatoms. The zero-order valence-corrected chi connectivity index (χ0v) is 17.5. The van der Waals surface area contributed by atoms with Gasteiger partial charge in [-0.15, -0.1) is 0 Å². The predicted octanol–water partition coefficient (Wildman–Crippen LogP) is 4.65. The molecule has 0 unspecified atom stereocenters. The monoisotopic (exact) mass is 454 g/mol. The van der Waals surface area contributed by atoms with Gasteiger partial charge in [-0.25, -0.2) is 19.9 Å². The van der Waals surface area contributed by atoms with Crippen LogP contribution in [0.2, 0.25) is 10.0 Å². The van der Waals surface area contributed by atoms with Crippen molar-refractivity contribution in [2.24, 2.45) is 0 Å². The molecule has 1 N–H and O–H groups in total. The number of hydrogen-bond donors (Lipinski definition) is 1. The zero-order chi connectivity index (χ0) is 20.7. The molecule has 0 fully saturated rings. The van der Waals surface area contributed by atoms with Gasteiger partial charge >= 0.3 is 0 Å². The number of aromatic amines is 1. The van der Waals surface area contributed by atoms with Gasteiger partial charge in [0.1, 0.15) is 22.7 Å². The standard InChI is InChI=1S/C20H12Cl2N6OS/c21-11-3-1-4-12(7-11)28-15(27-16-13(20(28)29)5-2-6-14(16)22)8-30-19-17-18(24-9-23-17)25-10-26-19/h1-7,9-10H,8H2,(H,23,24,25,26). The second-order valence-electron chi connectivity index (χ2n) is 6.35. The first kappa shape index (κ1) is 19.0. The van der Waals surface area contributed by atoms with E-state index in [9.17, 15) is 4.79 Å². The topological polar surface area (TPSA) is 89.3 Å². The Morgan fingerprint density at radius 3 is 2.80 bits per heavy atom. The van der Waals surface area contributed by atoms with Crippen molar-refractivity contribution in [1.82, 2.24) is 29.5 Å². The van der Waals surface area contributed by atoms with Gasteiger partial charge in [-0.3, -0.25) is 9.36 Å². The fourth-order valence-corrected chi connectivity index (χ4v) is 4.46. The highest BCUT2D eigenvalue weighted by atomic mass is 35.5. The number of benzene rings is 2. The normalized spacial score (nSPS) is 11.4. The van der Waals surface area contributed by atoms with E-state index < -0.39 is 0 Å². The van der Waals surface area contributed by atoms with E-state index in [1.165, 1.54) is 18.1 Å². The fraction of sp³-hybridized carbons (Fsp3) is 0.0500. The molecular weight excluding hydrogens is 443 g/mol. The lowest BCUT2D eigenvalue weighted by Crippen LogP contribution is -2.23. The Bertz CT molecular complexity index is 1470. The van der Waals surface area contributed by atoms with Crippen LogP contribution in [0.4, 0.5) is 0 Å². The molecule has 0 bridgehead atoms. The lowest BCUT2D eigenvalue weighted by Gasteiger charge is -2.14. The van der Waals surface area contributed by atoms with Gasteiger partial charge in [-0.05, 0) is 30.3 Å². The summed E-state index contributed by atoms with van der Waals surface area (Å²) in [5, 5.41) is 2.10. The maximum Gasteiger partial charge on any atom is 0.266 e. The summed E-state index contributed by atoms with van der Waals surface area (Å²) >= 11 is 13.9. The number of para-hydroxylation sites is 1. The van der Waals surface area contributed by atoms with Crippen molar-refractivity contribution < 1.29 is 0 Å². The first-order valence-corrected chi connectivity index (χ1v) is 10.6. The molecule has 5 rings (SSSR count). The average molecular weight is 455 g/mol. The third-order valence-electron chi connectivity index (χ3n) is 4.51. The highest BCUT2D eigenvalue weighted by Gasteiger charge is 2.16. The highest BCUT2D eigenvalue weighted by molar-refractivity contribution is 7.98. The lowest BCUT2D eigenvalue weighted by molar-refractivity contribution is 0.883. The summed E-state index contributed by atoms with van der Waals surface area (Å²) in [7, 11) is 0. The number of hydrogen-bond acceptors (Lipinski definition) is 6. The molecule has 0 aliphatic rings.